The molecule has 1 aromatic carbocycles. The zero-order valence-electron chi connectivity index (χ0n) is 13.4. The molecule has 0 saturated carbocycles. The van der Waals surface area contributed by atoms with E-state index in [1.807, 2.05) is 15.9 Å². The molecule has 0 bridgehead atoms. The molecular weight excluding hydrogens is 356 g/mol. The summed E-state index contributed by atoms with van der Waals surface area (Å²) in [5.41, 5.74) is 6.07. The molecule has 1 amide bonds. The molecule has 2 aliphatic rings. The molecule has 0 unspecified atom stereocenters. The van der Waals surface area contributed by atoms with Crippen LogP contribution in [0.5, 0.6) is 0 Å². The van der Waals surface area contributed by atoms with E-state index in [4.69, 9.17) is 10.5 Å². The number of benzene rings is 1. The van der Waals surface area contributed by atoms with Gasteiger partial charge in [-0.3, -0.25) is 4.79 Å². The van der Waals surface area contributed by atoms with Crippen molar-refractivity contribution in [1.29, 1.82) is 0 Å². The molecule has 8 heteroatoms. The average Bonchev–Trinajstić information content (AvgIpc) is 2.55. The van der Waals surface area contributed by atoms with Gasteiger partial charge < -0.3 is 20.3 Å². The van der Waals surface area contributed by atoms with Crippen molar-refractivity contribution in [3.05, 3.63) is 30.1 Å². The number of halogens is 3. The molecule has 5 nitrogen and oxygen atoms in total. The van der Waals surface area contributed by atoms with Crippen molar-refractivity contribution >= 4 is 36.4 Å². The second-order valence-electron chi connectivity index (χ2n) is 6.00. The number of piperazine rings is 1. The molecule has 2 saturated heterocycles. The molecule has 2 aliphatic heterocycles. The zero-order chi connectivity index (χ0) is 15.6. The Morgan fingerprint density at radius 3 is 2.25 bits per heavy atom. The molecule has 24 heavy (non-hydrogen) atoms. The van der Waals surface area contributed by atoms with E-state index in [9.17, 15) is 9.18 Å². The Bertz CT molecular complexity index is 548. The Balaban J connectivity index is 0.00000144. The lowest BCUT2D eigenvalue weighted by Crippen LogP contribution is -2.61. The Labute approximate surface area is 154 Å². The number of carbonyl (C=O) groups is 1. The first-order valence-electron chi connectivity index (χ1n) is 7.76. The van der Waals surface area contributed by atoms with E-state index in [0.717, 1.165) is 0 Å². The van der Waals surface area contributed by atoms with Crippen LogP contribution in [-0.4, -0.2) is 55.7 Å². The van der Waals surface area contributed by atoms with E-state index >= 15 is 0 Å². The number of para-hydroxylation sites is 1. The Hall–Kier alpha value is -1.08. The maximum atomic E-state index is 13.8. The van der Waals surface area contributed by atoms with E-state index in [0.29, 0.717) is 57.9 Å². The number of nitrogens with two attached hydrogens (primary N) is 1. The van der Waals surface area contributed by atoms with Crippen molar-refractivity contribution < 1.29 is 13.9 Å². The molecule has 136 valence electrons. The van der Waals surface area contributed by atoms with E-state index in [1.54, 1.807) is 12.1 Å². The van der Waals surface area contributed by atoms with Crippen molar-refractivity contribution in [3.8, 4) is 0 Å². The van der Waals surface area contributed by atoms with Crippen LogP contribution in [0.1, 0.15) is 12.8 Å². The highest BCUT2D eigenvalue weighted by atomic mass is 35.5. The fourth-order valence-electron chi connectivity index (χ4n) is 3.12. The molecule has 2 fully saturated rings. The van der Waals surface area contributed by atoms with Crippen molar-refractivity contribution in [2.24, 2.45) is 5.73 Å². The second-order valence-corrected chi connectivity index (χ2v) is 6.00. The number of rotatable bonds is 2. The van der Waals surface area contributed by atoms with Crippen molar-refractivity contribution in [2.75, 3.05) is 44.3 Å². The smallest absolute Gasteiger partial charge is 0.242 e. The zero-order valence-corrected chi connectivity index (χ0v) is 15.1. The summed E-state index contributed by atoms with van der Waals surface area (Å²) >= 11 is 0. The lowest BCUT2D eigenvalue weighted by Gasteiger charge is -2.41. The van der Waals surface area contributed by atoms with Gasteiger partial charge in [0, 0.05) is 39.4 Å². The van der Waals surface area contributed by atoms with Crippen LogP contribution < -0.4 is 10.6 Å². The molecule has 1 aromatic rings. The number of hydrogen-bond donors (Lipinski definition) is 1. The SMILES string of the molecule is Cl.Cl.NC1(C(=O)N2CCN(c3ccccc3F)CC2)CCOCC1. The van der Waals surface area contributed by atoms with Crippen LogP contribution in [0.25, 0.3) is 0 Å². The van der Waals surface area contributed by atoms with Crippen LogP contribution in [-0.2, 0) is 9.53 Å². The largest absolute Gasteiger partial charge is 0.381 e. The van der Waals surface area contributed by atoms with Gasteiger partial charge in [0.05, 0.1) is 11.2 Å². The van der Waals surface area contributed by atoms with E-state index in [2.05, 4.69) is 0 Å². The molecule has 2 N–H and O–H groups in total. The minimum absolute atomic E-state index is 0. The van der Waals surface area contributed by atoms with Crippen LogP contribution in [0.15, 0.2) is 24.3 Å². The molecule has 0 radical (unpaired) electrons. The monoisotopic (exact) mass is 379 g/mol. The highest BCUT2D eigenvalue weighted by Gasteiger charge is 2.39. The van der Waals surface area contributed by atoms with Crippen LogP contribution in [0, 0.1) is 5.82 Å². The predicted molar refractivity (Wildman–Crippen MR) is 96.7 cm³/mol. The van der Waals surface area contributed by atoms with Gasteiger partial charge in [-0.05, 0) is 25.0 Å². The summed E-state index contributed by atoms with van der Waals surface area (Å²) in [6.07, 6.45) is 1.14. The maximum absolute atomic E-state index is 13.8. The van der Waals surface area contributed by atoms with Gasteiger partial charge in [-0.25, -0.2) is 4.39 Å². The summed E-state index contributed by atoms with van der Waals surface area (Å²) in [4.78, 5) is 16.4. The molecule has 3 rings (SSSR count). The summed E-state index contributed by atoms with van der Waals surface area (Å²) in [5, 5.41) is 0. The Morgan fingerprint density at radius 2 is 1.67 bits per heavy atom. The minimum atomic E-state index is -0.793. The first kappa shape index (κ1) is 21.0. The fourth-order valence-corrected chi connectivity index (χ4v) is 3.12. The van der Waals surface area contributed by atoms with E-state index in [-0.39, 0.29) is 36.5 Å². The quantitative estimate of drug-likeness (QED) is 0.851. The number of anilines is 1. The van der Waals surface area contributed by atoms with Gasteiger partial charge in [0.2, 0.25) is 5.91 Å². The summed E-state index contributed by atoms with van der Waals surface area (Å²) in [6, 6.07) is 6.74. The van der Waals surface area contributed by atoms with Gasteiger partial charge in [-0.2, -0.15) is 0 Å². The van der Waals surface area contributed by atoms with Gasteiger partial charge in [0.1, 0.15) is 5.82 Å². The molecule has 0 atom stereocenters. The first-order valence-corrected chi connectivity index (χ1v) is 7.76. The standard InChI is InChI=1S/C16H22FN3O2.2ClH/c17-13-3-1-2-4-14(13)19-7-9-20(10-8-19)15(21)16(18)5-11-22-12-6-16;;/h1-4H,5-12,18H2;2*1H. The third-order valence-electron chi connectivity index (χ3n) is 4.57. The van der Waals surface area contributed by atoms with Crippen molar-refractivity contribution in [1.82, 2.24) is 4.90 Å². The van der Waals surface area contributed by atoms with Gasteiger partial charge in [-0.15, -0.1) is 24.8 Å². The van der Waals surface area contributed by atoms with Crippen molar-refractivity contribution in [2.45, 2.75) is 18.4 Å². The lowest BCUT2D eigenvalue weighted by atomic mass is 9.89. The number of ether oxygens (including phenoxy) is 1. The Morgan fingerprint density at radius 1 is 1.08 bits per heavy atom. The highest BCUT2D eigenvalue weighted by molar-refractivity contribution is 5.86. The topological polar surface area (TPSA) is 58.8 Å². The molecule has 2 heterocycles. The van der Waals surface area contributed by atoms with Gasteiger partial charge >= 0.3 is 0 Å². The number of hydrogen-bond acceptors (Lipinski definition) is 4. The predicted octanol–water partition coefficient (Wildman–Crippen LogP) is 1.83. The maximum Gasteiger partial charge on any atom is 0.242 e. The third kappa shape index (κ3) is 4.30. The fraction of sp³-hybridized carbons (Fsp3) is 0.562. The van der Waals surface area contributed by atoms with Gasteiger partial charge in [0.15, 0.2) is 0 Å². The van der Waals surface area contributed by atoms with E-state index < -0.39 is 5.54 Å². The molecular formula is C16H24Cl2FN3O2. The summed E-state index contributed by atoms with van der Waals surface area (Å²) in [5.74, 6) is -0.217. The first-order chi connectivity index (χ1) is 10.6. The summed E-state index contributed by atoms with van der Waals surface area (Å²) in [7, 11) is 0. The second kappa shape index (κ2) is 8.85. The van der Waals surface area contributed by atoms with Crippen LogP contribution in [0.2, 0.25) is 0 Å². The average molecular weight is 380 g/mol. The minimum Gasteiger partial charge on any atom is -0.381 e. The van der Waals surface area contributed by atoms with Crippen LogP contribution in [0.4, 0.5) is 10.1 Å². The molecule has 0 aliphatic carbocycles. The third-order valence-corrected chi connectivity index (χ3v) is 4.57. The lowest BCUT2D eigenvalue weighted by molar-refractivity contribution is -0.140. The van der Waals surface area contributed by atoms with Crippen molar-refractivity contribution in [3.63, 3.8) is 0 Å². The van der Waals surface area contributed by atoms with Gasteiger partial charge in [0.25, 0.3) is 0 Å². The normalized spacial score (nSPS) is 19.9. The highest BCUT2D eigenvalue weighted by Crippen LogP contribution is 2.24. The van der Waals surface area contributed by atoms with Gasteiger partial charge in [-0.1, -0.05) is 12.1 Å². The van der Waals surface area contributed by atoms with E-state index in [1.165, 1.54) is 6.07 Å². The number of nitrogens with zero attached hydrogens (tertiary/aromatic N) is 2. The molecule has 0 aromatic heterocycles. The summed E-state index contributed by atoms with van der Waals surface area (Å²) in [6.45, 7) is 3.48. The van der Waals surface area contributed by atoms with Crippen LogP contribution >= 0.6 is 24.8 Å². The Kier molecular flexibility index (Phi) is 7.73. The van der Waals surface area contributed by atoms with Crippen LogP contribution in [0.3, 0.4) is 0 Å². The molecule has 0 spiro atoms. The number of amides is 1. The summed E-state index contributed by atoms with van der Waals surface area (Å²) < 4.78 is 19.1. The number of carbonyl (C=O) groups excluding carboxylic acids is 1.